The van der Waals surface area contributed by atoms with Gasteiger partial charge in [0.1, 0.15) is 11.5 Å². The molecular weight excluding hydrogens is 286 g/mol. The van der Waals surface area contributed by atoms with E-state index < -0.39 is 0 Å². The van der Waals surface area contributed by atoms with Gasteiger partial charge in [-0.1, -0.05) is 19.1 Å². The Kier molecular flexibility index (Phi) is 3.74. The Bertz CT molecular complexity index is 750. The normalized spacial score (nSPS) is 10.5. The van der Waals surface area contributed by atoms with Gasteiger partial charge >= 0.3 is 0 Å². The van der Waals surface area contributed by atoms with E-state index in [4.69, 9.17) is 0 Å². The number of aryl methyl sites for hydroxylation is 1. The Morgan fingerprint density at radius 3 is 2.95 bits per heavy atom. The van der Waals surface area contributed by atoms with Crippen LogP contribution in [0, 0.1) is 0 Å². The van der Waals surface area contributed by atoms with Crippen LogP contribution in [-0.4, -0.2) is 26.1 Å². The summed E-state index contributed by atoms with van der Waals surface area (Å²) in [5.41, 5.74) is 3.47. The number of hydrogen-bond donors (Lipinski definition) is 2. The van der Waals surface area contributed by atoms with Crippen LogP contribution in [0.4, 0.5) is 5.69 Å². The summed E-state index contributed by atoms with van der Waals surface area (Å²) in [4.78, 5) is 20.5. The maximum absolute atomic E-state index is 12.1. The number of amides is 1. The van der Waals surface area contributed by atoms with E-state index in [2.05, 4.69) is 25.5 Å². The molecule has 1 amide bonds. The number of H-pyrrole nitrogens is 1. The molecule has 2 aromatic heterocycles. The van der Waals surface area contributed by atoms with Crippen molar-refractivity contribution in [2.45, 2.75) is 13.3 Å². The zero-order chi connectivity index (χ0) is 14.7. The van der Waals surface area contributed by atoms with Crippen molar-refractivity contribution in [2.75, 3.05) is 5.32 Å². The standard InChI is InChI=1S/C14H13N5OS/c1-2-12-17-13(19-18-12)9-5-3-4-6-10(9)16-14(20)11-7-21-8-15-11/h3-8H,2H2,1H3,(H,16,20)(H,17,18,19). The largest absolute Gasteiger partial charge is 0.320 e. The number of para-hydroxylation sites is 1. The fourth-order valence-corrected chi connectivity index (χ4v) is 2.40. The van der Waals surface area contributed by atoms with E-state index in [9.17, 15) is 4.79 Å². The summed E-state index contributed by atoms with van der Waals surface area (Å²) in [5.74, 6) is 1.14. The van der Waals surface area contributed by atoms with Gasteiger partial charge in [0.2, 0.25) is 0 Å². The molecule has 0 fully saturated rings. The SMILES string of the molecule is CCc1nc(-c2ccccc2NC(=O)c2cscn2)n[nH]1. The van der Waals surface area contributed by atoms with Crippen molar-refractivity contribution in [3.05, 3.63) is 46.7 Å². The molecule has 21 heavy (non-hydrogen) atoms. The summed E-state index contributed by atoms with van der Waals surface area (Å²) in [5, 5.41) is 11.6. The van der Waals surface area contributed by atoms with Crippen molar-refractivity contribution >= 4 is 22.9 Å². The Hall–Kier alpha value is -2.54. The minimum atomic E-state index is -0.241. The number of carbonyl (C=O) groups is 1. The van der Waals surface area contributed by atoms with Crippen LogP contribution >= 0.6 is 11.3 Å². The van der Waals surface area contributed by atoms with Crippen LogP contribution in [0.5, 0.6) is 0 Å². The third-order valence-electron chi connectivity index (χ3n) is 2.95. The van der Waals surface area contributed by atoms with E-state index in [0.29, 0.717) is 17.2 Å². The number of nitrogens with one attached hydrogen (secondary N) is 2. The highest BCUT2D eigenvalue weighted by Crippen LogP contribution is 2.25. The summed E-state index contributed by atoms with van der Waals surface area (Å²) >= 11 is 1.38. The summed E-state index contributed by atoms with van der Waals surface area (Å²) < 4.78 is 0. The van der Waals surface area contributed by atoms with Gasteiger partial charge in [-0.3, -0.25) is 9.89 Å². The summed E-state index contributed by atoms with van der Waals surface area (Å²) in [6, 6.07) is 7.43. The second-order valence-electron chi connectivity index (χ2n) is 4.33. The van der Waals surface area contributed by atoms with E-state index in [1.165, 1.54) is 11.3 Å². The van der Waals surface area contributed by atoms with Gasteiger partial charge in [0.15, 0.2) is 5.82 Å². The van der Waals surface area contributed by atoms with Gasteiger partial charge in [-0.25, -0.2) is 9.97 Å². The van der Waals surface area contributed by atoms with E-state index in [1.807, 2.05) is 31.2 Å². The zero-order valence-corrected chi connectivity index (χ0v) is 12.1. The predicted octanol–water partition coefficient (Wildman–Crippen LogP) is 2.74. The molecule has 0 unspecified atom stereocenters. The third kappa shape index (κ3) is 2.82. The van der Waals surface area contributed by atoms with Gasteiger partial charge in [0.05, 0.1) is 11.2 Å². The summed E-state index contributed by atoms with van der Waals surface area (Å²) in [7, 11) is 0. The topological polar surface area (TPSA) is 83.6 Å². The highest BCUT2D eigenvalue weighted by Gasteiger charge is 2.14. The molecule has 0 aliphatic heterocycles. The first kappa shape index (κ1) is 13.4. The quantitative estimate of drug-likeness (QED) is 0.776. The van der Waals surface area contributed by atoms with Gasteiger partial charge in [-0.2, -0.15) is 5.10 Å². The first-order chi connectivity index (χ1) is 10.3. The number of aromatic amines is 1. The number of aromatic nitrogens is 4. The lowest BCUT2D eigenvalue weighted by atomic mass is 10.1. The lowest BCUT2D eigenvalue weighted by Gasteiger charge is -2.07. The molecule has 1 aromatic carbocycles. The molecule has 0 saturated carbocycles. The fourth-order valence-electron chi connectivity index (χ4n) is 1.87. The van der Waals surface area contributed by atoms with E-state index in [0.717, 1.165) is 17.8 Å². The van der Waals surface area contributed by atoms with Crippen LogP contribution in [0.25, 0.3) is 11.4 Å². The second kappa shape index (κ2) is 5.84. The molecule has 0 bridgehead atoms. The summed E-state index contributed by atoms with van der Waals surface area (Å²) in [6.45, 7) is 2.00. The number of hydrogen-bond acceptors (Lipinski definition) is 5. The van der Waals surface area contributed by atoms with Gasteiger partial charge in [0.25, 0.3) is 5.91 Å². The molecule has 0 aliphatic rings. The number of nitrogens with zero attached hydrogens (tertiary/aromatic N) is 3. The average molecular weight is 299 g/mol. The molecule has 0 atom stereocenters. The maximum atomic E-state index is 12.1. The minimum Gasteiger partial charge on any atom is -0.320 e. The van der Waals surface area contributed by atoms with Crippen molar-refractivity contribution in [3.63, 3.8) is 0 Å². The zero-order valence-electron chi connectivity index (χ0n) is 11.3. The van der Waals surface area contributed by atoms with Gasteiger partial charge in [-0.05, 0) is 12.1 Å². The molecule has 3 aromatic rings. The van der Waals surface area contributed by atoms with E-state index in [1.54, 1.807) is 10.9 Å². The number of anilines is 1. The molecule has 7 heteroatoms. The Balaban J connectivity index is 1.91. The lowest BCUT2D eigenvalue weighted by molar-refractivity contribution is 0.102. The van der Waals surface area contributed by atoms with Crippen molar-refractivity contribution < 1.29 is 4.79 Å². The smallest absolute Gasteiger partial charge is 0.275 e. The molecule has 0 radical (unpaired) electrons. The first-order valence-electron chi connectivity index (χ1n) is 6.48. The van der Waals surface area contributed by atoms with Crippen LogP contribution in [0.1, 0.15) is 23.2 Å². The highest BCUT2D eigenvalue weighted by atomic mass is 32.1. The van der Waals surface area contributed by atoms with Crippen LogP contribution in [-0.2, 0) is 6.42 Å². The van der Waals surface area contributed by atoms with Crippen LogP contribution < -0.4 is 5.32 Å². The molecule has 3 rings (SSSR count). The van der Waals surface area contributed by atoms with Crippen molar-refractivity contribution in [1.29, 1.82) is 0 Å². The predicted molar refractivity (Wildman–Crippen MR) is 81.3 cm³/mol. The molecule has 0 spiro atoms. The third-order valence-corrected chi connectivity index (χ3v) is 3.53. The Morgan fingerprint density at radius 2 is 2.24 bits per heavy atom. The van der Waals surface area contributed by atoms with Crippen molar-refractivity contribution in [2.24, 2.45) is 0 Å². The molecular formula is C14H13N5OS. The van der Waals surface area contributed by atoms with Crippen LogP contribution in [0.15, 0.2) is 35.2 Å². The van der Waals surface area contributed by atoms with E-state index >= 15 is 0 Å². The molecule has 2 heterocycles. The van der Waals surface area contributed by atoms with Gasteiger partial charge in [0, 0.05) is 17.4 Å². The average Bonchev–Trinajstić information content (AvgIpc) is 3.19. The molecule has 0 saturated heterocycles. The Morgan fingerprint density at radius 1 is 1.38 bits per heavy atom. The van der Waals surface area contributed by atoms with Crippen molar-refractivity contribution in [3.8, 4) is 11.4 Å². The highest BCUT2D eigenvalue weighted by molar-refractivity contribution is 7.07. The minimum absolute atomic E-state index is 0.241. The summed E-state index contributed by atoms with van der Waals surface area (Å²) in [6.07, 6.45) is 0.778. The second-order valence-corrected chi connectivity index (χ2v) is 5.05. The van der Waals surface area contributed by atoms with Crippen LogP contribution in [0.2, 0.25) is 0 Å². The van der Waals surface area contributed by atoms with Crippen LogP contribution in [0.3, 0.4) is 0 Å². The lowest BCUT2D eigenvalue weighted by Crippen LogP contribution is -2.13. The maximum Gasteiger partial charge on any atom is 0.275 e. The van der Waals surface area contributed by atoms with E-state index in [-0.39, 0.29) is 5.91 Å². The molecule has 6 nitrogen and oxygen atoms in total. The number of benzene rings is 1. The number of thiazole rings is 1. The fraction of sp³-hybridized carbons (Fsp3) is 0.143. The number of carbonyl (C=O) groups excluding carboxylic acids is 1. The van der Waals surface area contributed by atoms with Gasteiger partial charge < -0.3 is 5.32 Å². The molecule has 0 aliphatic carbocycles. The van der Waals surface area contributed by atoms with Gasteiger partial charge in [-0.15, -0.1) is 11.3 Å². The molecule has 2 N–H and O–H groups in total. The number of rotatable bonds is 4. The first-order valence-corrected chi connectivity index (χ1v) is 7.42. The Labute approximate surface area is 125 Å². The molecule has 106 valence electrons. The monoisotopic (exact) mass is 299 g/mol. The van der Waals surface area contributed by atoms with Crippen molar-refractivity contribution in [1.82, 2.24) is 20.2 Å².